The number of benzene rings is 1. The zero-order valence-corrected chi connectivity index (χ0v) is 15.5. The number of Topliss-reactive ketones (excluding diaryl/α,β-unsaturated/α-hetero) is 2. The summed E-state index contributed by atoms with van der Waals surface area (Å²) in [7, 11) is 0. The number of thiophene rings is 1. The second-order valence-corrected chi connectivity index (χ2v) is 7.08. The fourth-order valence-corrected chi connectivity index (χ4v) is 3.06. The van der Waals surface area contributed by atoms with Gasteiger partial charge >= 0.3 is 5.97 Å². The van der Waals surface area contributed by atoms with Gasteiger partial charge in [0.15, 0.2) is 18.2 Å². The van der Waals surface area contributed by atoms with Crippen molar-refractivity contribution in [2.24, 2.45) is 0 Å². The van der Waals surface area contributed by atoms with Crippen molar-refractivity contribution in [3.63, 3.8) is 0 Å². The molecule has 0 unspecified atom stereocenters. The fourth-order valence-electron chi connectivity index (χ4n) is 2.05. The third-order valence-electron chi connectivity index (χ3n) is 3.30. The Kier molecular flexibility index (Phi) is 7.06. The molecule has 0 saturated heterocycles. The van der Waals surface area contributed by atoms with E-state index in [9.17, 15) is 19.2 Å². The van der Waals surface area contributed by atoms with Gasteiger partial charge in [0.2, 0.25) is 5.91 Å². The molecule has 0 saturated carbocycles. The van der Waals surface area contributed by atoms with Gasteiger partial charge in [0, 0.05) is 24.6 Å². The first-order valence-corrected chi connectivity index (χ1v) is 8.89. The molecule has 6 nitrogen and oxygen atoms in total. The fraction of sp³-hybridized carbons (Fsp3) is 0.222. The molecule has 0 aliphatic carbocycles. The summed E-state index contributed by atoms with van der Waals surface area (Å²) < 4.78 is 5.42. The summed E-state index contributed by atoms with van der Waals surface area (Å²) in [5.41, 5.74) is 0.925. The van der Waals surface area contributed by atoms with Crippen LogP contribution in [0.3, 0.4) is 0 Å². The molecular weight excluding hydrogens is 378 g/mol. The van der Waals surface area contributed by atoms with Gasteiger partial charge in [-0.1, -0.05) is 11.6 Å². The summed E-state index contributed by atoms with van der Waals surface area (Å²) in [4.78, 5) is 47.0. The van der Waals surface area contributed by atoms with Crippen LogP contribution >= 0.6 is 22.9 Å². The van der Waals surface area contributed by atoms with Crippen molar-refractivity contribution in [1.82, 2.24) is 0 Å². The van der Waals surface area contributed by atoms with Gasteiger partial charge in [-0.15, -0.1) is 11.3 Å². The Morgan fingerprint density at radius 2 is 1.69 bits per heavy atom. The Labute approximate surface area is 159 Å². The SMILES string of the molecule is CC(=O)Nc1ccc(C(=O)COC(=O)CCC(=O)c2ccc(Cl)s2)cc1. The molecule has 2 rings (SSSR count). The van der Waals surface area contributed by atoms with E-state index in [1.54, 1.807) is 24.3 Å². The van der Waals surface area contributed by atoms with Crippen LogP contribution in [0.25, 0.3) is 0 Å². The Hall–Kier alpha value is -2.51. The molecule has 26 heavy (non-hydrogen) atoms. The standard InChI is InChI=1S/C18H16ClNO5S/c1-11(21)20-13-4-2-12(3-5-13)15(23)10-25-18(24)9-6-14(22)16-7-8-17(19)26-16/h2-5,7-8H,6,9-10H2,1H3,(H,20,21). The van der Waals surface area contributed by atoms with Crippen LogP contribution in [-0.2, 0) is 14.3 Å². The number of halogens is 1. The molecule has 1 heterocycles. The lowest BCUT2D eigenvalue weighted by molar-refractivity contribution is -0.142. The van der Waals surface area contributed by atoms with Crippen molar-refractivity contribution < 1.29 is 23.9 Å². The highest BCUT2D eigenvalue weighted by molar-refractivity contribution is 7.18. The van der Waals surface area contributed by atoms with Gasteiger partial charge in [0.1, 0.15) is 0 Å². The number of carbonyl (C=O) groups excluding carboxylic acids is 4. The highest BCUT2D eigenvalue weighted by atomic mass is 35.5. The number of esters is 1. The van der Waals surface area contributed by atoms with E-state index in [-0.39, 0.29) is 30.3 Å². The highest BCUT2D eigenvalue weighted by Crippen LogP contribution is 2.23. The van der Waals surface area contributed by atoms with Gasteiger partial charge in [0.05, 0.1) is 15.6 Å². The topological polar surface area (TPSA) is 89.5 Å². The molecule has 0 fully saturated rings. The van der Waals surface area contributed by atoms with E-state index in [0.717, 1.165) is 11.3 Å². The van der Waals surface area contributed by atoms with E-state index in [4.69, 9.17) is 16.3 Å². The summed E-state index contributed by atoms with van der Waals surface area (Å²) in [5.74, 6) is -1.40. The molecular formula is C18H16ClNO5S. The van der Waals surface area contributed by atoms with Crippen LogP contribution < -0.4 is 5.32 Å². The summed E-state index contributed by atoms with van der Waals surface area (Å²) in [6.07, 6.45) is -0.113. The van der Waals surface area contributed by atoms with E-state index in [1.807, 2.05) is 0 Å². The third kappa shape index (κ3) is 6.09. The maximum Gasteiger partial charge on any atom is 0.306 e. The number of ether oxygens (including phenoxy) is 1. The lowest BCUT2D eigenvalue weighted by atomic mass is 10.1. The number of hydrogen-bond donors (Lipinski definition) is 1. The molecule has 8 heteroatoms. The number of ketones is 2. The average molecular weight is 394 g/mol. The molecule has 136 valence electrons. The van der Waals surface area contributed by atoms with E-state index >= 15 is 0 Å². The van der Waals surface area contributed by atoms with Gasteiger partial charge in [-0.25, -0.2) is 0 Å². The van der Waals surface area contributed by atoms with Crippen molar-refractivity contribution in [3.05, 3.63) is 51.2 Å². The van der Waals surface area contributed by atoms with Crippen molar-refractivity contribution in [2.75, 3.05) is 11.9 Å². The van der Waals surface area contributed by atoms with E-state index in [0.29, 0.717) is 20.5 Å². The van der Waals surface area contributed by atoms with E-state index in [2.05, 4.69) is 5.32 Å². The van der Waals surface area contributed by atoms with Crippen molar-refractivity contribution >= 4 is 52.1 Å². The van der Waals surface area contributed by atoms with Gasteiger partial charge < -0.3 is 10.1 Å². The zero-order chi connectivity index (χ0) is 19.1. The first kappa shape index (κ1) is 19.8. The van der Waals surface area contributed by atoms with Gasteiger partial charge in [0.25, 0.3) is 0 Å². The monoisotopic (exact) mass is 393 g/mol. The lowest BCUT2D eigenvalue weighted by Gasteiger charge is -2.06. The van der Waals surface area contributed by atoms with E-state index in [1.165, 1.54) is 19.1 Å². The number of anilines is 1. The Bertz CT molecular complexity index is 828. The Balaban J connectivity index is 1.76. The second-order valence-electron chi connectivity index (χ2n) is 5.37. The van der Waals surface area contributed by atoms with E-state index < -0.39 is 12.6 Å². The second kappa shape index (κ2) is 9.26. The molecule has 0 radical (unpaired) electrons. The van der Waals surface area contributed by atoms with Crippen LogP contribution in [0.2, 0.25) is 4.34 Å². The number of hydrogen-bond acceptors (Lipinski definition) is 6. The third-order valence-corrected chi connectivity index (χ3v) is 4.57. The molecule has 0 spiro atoms. The lowest BCUT2D eigenvalue weighted by Crippen LogP contribution is -2.15. The van der Waals surface area contributed by atoms with Crippen LogP contribution in [0.1, 0.15) is 39.8 Å². The largest absolute Gasteiger partial charge is 0.457 e. The van der Waals surface area contributed by atoms with Crippen LogP contribution in [0, 0.1) is 0 Å². The quantitative estimate of drug-likeness (QED) is 0.545. The van der Waals surface area contributed by atoms with Crippen LogP contribution in [0.5, 0.6) is 0 Å². The number of nitrogens with one attached hydrogen (secondary N) is 1. The van der Waals surface area contributed by atoms with Crippen molar-refractivity contribution in [1.29, 1.82) is 0 Å². The minimum absolute atomic E-state index is 0.00468. The number of rotatable bonds is 8. The smallest absolute Gasteiger partial charge is 0.306 e. The first-order chi connectivity index (χ1) is 12.3. The first-order valence-electron chi connectivity index (χ1n) is 7.70. The Morgan fingerprint density at radius 3 is 2.27 bits per heavy atom. The minimum Gasteiger partial charge on any atom is -0.457 e. The number of amides is 1. The van der Waals surface area contributed by atoms with Crippen molar-refractivity contribution in [3.8, 4) is 0 Å². The molecule has 0 bridgehead atoms. The summed E-state index contributed by atoms with van der Waals surface area (Å²) >= 11 is 6.91. The predicted octanol–water partition coefficient (Wildman–Crippen LogP) is 3.75. The maximum atomic E-state index is 12.0. The maximum absolute atomic E-state index is 12.0. The van der Waals surface area contributed by atoms with Crippen LogP contribution in [0.15, 0.2) is 36.4 Å². The highest BCUT2D eigenvalue weighted by Gasteiger charge is 2.14. The van der Waals surface area contributed by atoms with Crippen LogP contribution in [-0.4, -0.2) is 30.0 Å². The van der Waals surface area contributed by atoms with Gasteiger partial charge in [-0.3, -0.25) is 19.2 Å². The molecule has 0 aliphatic rings. The average Bonchev–Trinajstić information content (AvgIpc) is 3.04. The summed E-state index contributed by atoms with van der Waals surface area (Å²) in [6, 6.07) is 9.46. The molecule has 1 aromatic carbocycles. The normalized spacial score (nSPS) is 10.2. The molecule has 0 atom stereocenters. The summed E-state index contributed by atoms with van der Waals surface area (Å²) in [5, 5.41) is 2.59. The van der Waals surface area contributed by atoms with Crippen LogP contribution in [0.4, 0.5) is 5.69 Å². The molecule has 1 N–H and O–H groups in total. The molecule has 1 aromatic heterocycles. The molecule has 2 aromatic rings. The van der Waals surface area contributed by atoms with Gasteiger partial charge in [-0.2, -0.15) is 0 Å². The number of carbonyl (C=O) groups is 4. The zero-order valence-electron chi connectivity index (χ0n) is 13.9. The summed E-state index contributed by atoms with van der Waals surface area (Å²) in [6.45, 7) is 0.980. The Morgan fingerprint density at radius 1 is 1.00 bits per heavy atom. The minimum atomic E-state index is -0.621. The van der Waals surface area contributed by atoms with Gasteiger partial charge in [-0.05, 0) is 36.4 Å². The molecule has 0 aliphatic heterocycles. The molecule has 1 amide bonds. The van der Waals surface area contributed by atoms with Crippen molar-refractivity contribution in [2.45, 2.75) is 19.8 Å². The predicted molar refractivity (Wildman–Crippen MR) is 98.9 cm³/mol.